The largest absolute Gasteiger partial charge is 0.504 e. The summed E-state index contributed by atoms with van der Waals surface area (Å²) < 4.78 is 16.4. The Morgan fingerprint density at radius 3 is 2.57 bits per heavy atom. The van der Waals surface area contributed by atoms with Gasteiger partial charge in [-0.1, -0.05) is 13.0 Å². The van der Waals surface area contributed by atoms with E-state index in [0.717, 1.165) is 25.7 Å². The van der Waals surface area contributed by atoms with Crippen molar-refractivity contribution in [1.29, 1.82) is 0 Å². The van der Waals surface area contributed by atoms with Crippen LogP contribution in [0.1, 0.15) is 64.4 Å². The first-order valence-electron chi connectivity index (χ1n) is 12.3. The molecule has 8 heteroatoms. The third-order valence-electron chi connectivity index (χ3n) is 7.16. The zero-order valence-electron chi connectivity index (χ0n) is 20.7. The van der Waals surface area contributed by atoms with Crippen LogP contribution in [0.2, 0.25) is 0 Å². The Morgan fingerprint density at radius 1 is 1.20 bits per heavy atom. The summed E-state index contributed by atoms with van der Waals surface area (Å²) in [4.78, 5) is 39.9. The number of methoxy groups -OCH3 is 1. The molecular formula is C27H33NO7. The average Bonchev–Trinajstić information content (AvgIpc) is 3.32. The highest BCUT2D eigenvalue weighted by Crippen LogP contribution is 2.47. The highest BCUT2D eigenvalue weighted by Gasteiger charge is 2.47. The number of hydrogen-bond acceptors (Lipinski definition) is 8. The number of aromatic hydroxyl groups is 1. The predicted octanol–water partition coefficient (Wildman–Crippen LogP) is 3.89. The maximum atomic E-state index is 13.8. The molecule has 4 rings (SSSR count). The Bertz CT molecular complexity index is 1100. The van der Waals surface area contributed by atoms with Crippen molar-refractivity contribution >= 4 is 17.7 Å². The minimum absolute atomic E-state index is 0.0365. The molecule has 188 valence electrons. The number of Topliss-reactive ketones (excluding diaryl/α,β-unsaturated/α-hetero) is 1. The van der Waals surface area contributed by atoms with E-state index in [2.05, 4.69) is 5.32 Å². The van der Waals surface area contributed by atoms with Gasteiger partial charge in [0.15, 0.2) is 17.3 Å². The molecule has 0 unspecified atom stereocenters. The molecule has 1 aromatic carbocycles. The average molecular weight is 484 g/mol. The smallest absolute Gasteiger partial charge is 0.337 e. The van der Waals surface area contributed by atoms with Gasteiger partial charge in [-0.05, 0) is 69.6 Å². The lowest BCUT2D eigenvalue weighted by molar-refractivity contribution is -0.151. The van der Waals surface area contributed by atoms with E-state index in [0.29, 0.717) is 41.1 Å². The second kappa shape index (κ2) is 10.1. The molecule has 1 saturated carbocycles. The molecular weight excluding hydrogens is 450 g/mol. The Morgan fingerprint density at radius 2 is 1.91 bits per heavy atom. The summed E-state index contributed by atoms with van der Waals surface area (Å²) in [6.45, 7) is 5.78. The number of ketones is 1. The van der Waals surface area contributed by atoms with Gasteiger partial charge >= 0.3 is 11.9 Å². The van der Waals surface area contributed by atoms with Crippen LogP contribution in [0.4, 0.5) is 0 Å². The van der Waals surface area contributed by atoms with Gasteiger partial charge in [-0.3, -0.25) is 9.59 Å². The van der Waals surface area contributed by atoms with Gasteiger partial charge in [-0.15, -0.1) is 0 Å². The number of benzene rings is 1. The molecule has 35 heavy (non-hydrogen) atoms. The number of dihydropyridines is 1. The number of hydrogen-bond donors (Lipinski definition) is 2. The van der Waals surface area contributed by atoms with Gasteiger partial charge in [0, 0.05) is 22.9 Å². The Labute approximate surface area is 205 Å². The van der Waals surface area contributed by atoms with Crippen molar-refractivity contribution in [3.05, 3.63) is 46.3 Å². The number of phenols is 1. The van der Waals surface area contributed by atoms with E-state index >= 15 is 0 Å². The number of rotatable bonds is 6. The third kappa shape index (κ3) is 4.66. The maximum Gasteiger partial charge on any atom is 0.337 e. The lowest BCUT2D eigenvalue weighted by Gasteiger charge is -2.38. The molecule has 0 spiro atoms. The number of phenolic OH excluding ortho intramolecular Hbond substituents is 1. The van der Waals surface area contributed by atoms with Crippen LogP contribution < -0.4 is 10.1 Å². The van der Waals surface area contributed by atoms with Crippen molar-refractivity contribution in [3.63, 3.8) is 0 Å². The molecule has 2 N–H and O–H groups in total. The summed E-state index contributed by atoms with van der Waals surface area (Å²) >= 11 is 0. The van der Waals surface area contributed by atoms with Gasteiger partial charge < -0.3 is 24.6 Å². The summed E-state index contributed by atoms with van der Waals surface area (Å²) in [5.74, 6) is -3.21. The third-order valence-corrected chi connectivity index (χ3v) is 7.16. The number of allylic oxidation sites excluding steroid dienone is 3. The van der Waals surface area contributed by atoms with E-state index in [1.54, 1.807) is 26.0 Å². The Balaban J connectivity index is 1.84. The monoisotopic (exact) mass is 483 g/mol. The van der Waals surface area contributed by atoms with Crippen molar-refractivity contribution in [3.8, 4) is 11.5 Å². The summed E-state index contributed by atoms with van der Waals surface area (Å²) in [5.41, 5.74) is 2.59. The minimum Gasteiger partial charge on any atom is -0.504 e. The van der Waals surface area contributed by atoms with Gasteiger partial charge in [0.05, 0.1) is 19.3 Å². The lowest BCUT2D eigenvalue weighted by Crippen LogP contribution is -2.43. The van der Waals surface area contributed by atoms with E-state index in [-0.39, 0.29) is 29.3 Å². The van der Waals surface area contributed by atoms with Crippen LogP contribution in [0.25, 0.3) is 0 Å². The first kappa shape index (κ1) is 24.8. The van der Waals surface area contributed by atoms with Crippen LogP contribution in [-0.4, -0.2) is 42.6 Å². The highest BCUT2D eigenvalue weighted by molar-refractivity contribution is 6.12. The molecule has 0 bridgehead atoms. The zero-order valence-corrected chi connectivity index (χ0v) is 20.7. The van der Waals surface area contributed by atoms with Crippen molar-refractivity contribution in [2.45, 2.75) is 64.9 Å². The summed E-state index contributed by atoms with van der Waals surface area (Å²) in [6.07, 6.45) is 3.97. The Hall–Kier alpha value is -3.29. The summed E-state index contributed by atoms with van der Waals surface area (Å²) in [5, 5.41) is 13.5. The first-order valence-corrected chi connectivity index (χ1v) is 12.3. The van der Waals surface area contributed by atoms with E-state index in [1.165, 1.54) is 13.2 Å². The van der Waals surface area contributed by atoms with E-state index in [1.807, 2.05) is 6.92 Å². The number of ether oxygens (including phenoxy) is 3. The van der Waals surface area contributed by atoms with Crippen LogP contribution in [-0.2, 0) is 23.9 Å². The van der Waals surface area contributed by atoms with Gasteiger partial charge in [0.25, 0.3) is 0 Å². The van der Waals surface area contributed by atoms with E-state index < -0.39 is 23.8 Å². The standard InChI is InChI=1S/C27H33NO7/c1-5-34-20-13-16(10-11-19(20)29)23-22(27(32)35-17-8-6-7-9-17)15(3)28-18-12-14(2)21(26(31)33-4)25(30)24(18)23/h10-11,13-14,17,21,23,28-29H,5-9,12H2,1-4H3/t14-,21+,23+/m1/s1. The van der Waals surface area contributed by atoms with Crippen LogP contribution in [0, 0.1) is 11.8 Å². The molecule has 3 atom stereocenters. The van der Waals surface area contributed by atoms with Crippen molar-refractivity contribution in [1.82, 2.24) is 5.32 Å². The van der Waals surface area contributed by atoms with Gasteiger partial charge in [-0.2, -0.15) is 0 Å². The first-order chi connectivity index (χ1) is 16.8. The topological polar surface area (TPSA) is 111 Å². The zero-order chi connectivity index (χ0) is 25.3. The number of nitrogens with one attached hydrogen (secondary N) is 1. The van der Waals surface area contributed by atoms with Crippen LogP contribution in [0.15, 0.2) is 40.7 Å². The molecule has 0 radical (unpaired) electrons. The van der Waals surface area contributed by atoms with Crippen LogP contribution >= 0.6 is 0 Å². The molecule has 2 aliphatic carbocycles. The number of esters is 2. The SMILES string of the molecule is CCOc1cc([C@H]2C(C(=O)OC3CCCC3)=C(C)NC3=C2C(=O)[C@@H](C(=O)OC)[C@H](C)C3)ccc1O. The van der Waals surface area contributed by atoms with Crippen molar-refractivity contribution in [2.75, 3.05) is 13.7 Å². The molecule has 3 aliphatic rings. The Kier molecular flexibility index (Phi) is 7.19. The molecule has 1 aromatic rings. The molecule has 0 saturated heterocycles. The van der Waals surface area contributed by atoms with E-state index in [4.69, 9.17) is 14.2 Å². The number of carbonyl (C=O) groups excluding carboxylic acids is 3. The van der Waals surface area contributed by atoms with Crippen LogP contribution in [0.3, 0.4) is 0 Å². The van der Waals surface area contributed by atoms with Gasteiger partial charge in [0.1, 0.15) is 12.0 Å². The van der Waals surface area contributed by atoms with Crippen LogP contribution in [0.5, 0.6) is 11.5 Å². The fraction of sp³-hybridized carbons (Fsp3) is 0.519. The molecule has 1 heterocycles. The maximum absolute atomic E-state index is 13.8. The normalized spacial score (nSPS) is 24.7. The second-order valence-electron chi connectivity index (χ2n) is 9.51. The van der Waals surface area contributed by atoms with Gasteiger partial charge in [0.2, 0.25) is 0 Å². The molecule has 1 fully saturated rings. The fourth-order valence-electron chi connectivity index (χ4n) is 5.49. The minimum atomic E-state index is -0.961. The molecule has 0 amide bonds. The quantitative estimate of drug-likeness (QED) is 0.463. The summed E-state index contributed by atoms with van der Waals surface area (Å²) in [6, 6.07) is 4.81. The number of carbonyl (C=O) groups is 3. The van der Waals surface area contributed by atoms with Crippen molar-refractivity contribution in [2.24, 2.45) is 11.8 Å². The predicted molar refractivity (Wildman–Crippen MR) is 128 cm³/mol. The molecule has 8 nitrogen and oxygen atoms in total. The van der Waals surface area contributed by atoms with Gasteiger partial charge in [-0.25, -0.2) is 4.79 Å². The lowest BCUT2D eigenvalue weighted by atomic mass is 9.69. The van der Waals surface area contributed by atoms with Crippen molar-refractivity contribution < 1.29 is 33.7 Å². The van der Waals surface area contributed by atoms with E-state index in [9.17, 15) is 19.5 Å². The molecule has 0 aromatic heterocycles. The molecule has 1 aliphatic heterocycles. The fourth-order valence-corrected chi connectivity index (χ4v) is 5.49. The highest BCUT2D eigenvalue weighted by atomic mass is 16.5. The second-order valence-corrected chi connectivity index (χ2v) is 9.51. The summed E-state index contributed by atoms with van der Waals surface area (Å²) in [7, 11) is 1.27.